The van der Waals surface area contributed by atoms with Crippen molar-refractivity contribution >= 4 is 5.91 Å². The lowest BCUT2D eigenvalue weighted by molar-refractivity contribution is 0.0952. The highest BCUT2D eigenvalue weighted by atomic mass is 16.3. The average molecular weight is 221 g/mol. The lowest BCUT2D eigenvalue weighted by Gasteiger charge is -2.08. The number of carbonyl (C=O) groups excluding carboxylic acids is 1. The molecule has 0 aliphatic heterocycles. The third-order valence-corrected chi connectivity index (χ3v) is 2.51. The van der Waals surface area contributed by atoms with E-state index in [9.17, 15) is 4.79 Å². The Kier molecular flexibility index (Phi) is 5.57. The summed E-state index contributed by atoms with van der Waals surface area (Å²) in [4.78, 5) is 11.6. The van der Waals surface area contributed by atoms with Crippen LogP contribution in [-0.2, 0) is 0 Å². The van der Waals surface area contributed by atoms with E-state index in [-0.39, 0.29) is 12.5 Å². The molecule has 0 bridgehead atoms. The summed E-state index contributed by atoms with van der Waals surface area (Å²) in [6, 6.07) is 9.18. The molecule has 2 N–H and O–H groups in total. The Hall–Kier alpha value is -1.35. The van der Waals surface area contributed by atoms with Gasteiger partial charge in [0.15, 0.2) is 0 Å². The molecule has 3 heteroatoms. The molecule has 0 aliphatic carbocycles. The van der Waals surface area contributed by atoms with Gasteiger partial charge in [-0.05, 0) is 30.9 Å². The summed E-state index contributed by atoms with van der Waals surface area (Å²) in [5.74, 6) is 0.283. The minimum atomic E-state index is -0.0303. The molecule has 1 aromatic rings. The van der Waals surface area contributed by atoms with Gasteiger partial charge in [0.2, 0.25) is 0 Å². The zero-order chi connectivity index (χ0) is 11.8. The van der Waals surface area contributed by atoms with Crippen molar-refractivity contribution in [2.75, 3.05) is 13.2 Å². The van der Waals surface area contributed by atoms with Gasteiger partial charge >= 0.3 is 0 Å². The van der Waals surface area contributed by atoms with Crippen LogP contribution in [0.2, 0.25) is 0 Å². The second kappa shape index (κ2) is 7.01. The highest BCUT2D eigenvalue weighted by molar-refractivity contribution is 5.94. The topological polar surface area (TPSA) is 49.3 Å². The summed E-state index contributed by atoms with van der Waals surface area (Å²) in [7, 11) is 0. The summed E-state index contributed by atoms with van der Waals surface area (Å²) in [5, 5.41) is 11.7. The van der Waals surface area contributed by atoms with Crippen molar-refractivity contribution in [1.82, 2.24) is 5.32 Å². The van der Waals surface area contributed by atoms with Gasteiger partial charge in [0.05, 0.1) is 0 Å². The Morgan fingerprint density at radius 1 is 1.38 bits per heavy atom. The maximum atomic E-state index is 11.6. The van der Waals surface area contributed by atoms with E-state index in [1.807, 2.05) is 25.1 Å². The predicted octanol–water partition coefficient (Wildman–Crippen LogP) is 1.82. The van der Waals surface area contributed by atoms with Crippen LogP contribution < -0.4 is 5.32 Å². The van der Waals surface area contributed by atoms with Crippen LogP contribution in [0, 0.1) is 5.92 Å². The van der Waals surface area contributed by atoms with Crippen molar-refractivity contribution in [2.24, 2.45) is 5.92 Å². The Morgan fingerprint density at radius 3 is 2.69 bits per heavy atom. The van der Waals surface area contributed by atoms with Gasteiger partial charge in [-0.25, -0.2) is 0 Å². The minimum absolute atomic E-state index is 0.0303. The first-order valence-electron chi connectivity index (χ1n) is 5.68. The van der Waals surface area contributed by atoms with E-state index < -0.39 is 0 Å². The van der Waals surface area contributed by atoms with Crippen LogP contribution in [-0.4, -0.2) is 24.2 Å². The number of nitrogens with one attached hydrogen (secondary N) is 1. The molecule has 88 valence electrons. The third-order valence-electron chi connectivity index (χ3n) is 2.51. The van der Waals surface area contributed by atoms with Crippen LogP contribution in [0.15, 0.2) is 30.3 Å². The third kappa shape index (κ3) is 4.45. The Morgan fingerprint density at radius 2 is 2.06 bits per heavy atom. The van der Waals surface area contributed by atoms with Crippen molar-refractivity contribution in [3.8, 4) is 0 Å². The molecule has 1 aromatic carbocycles. The first kappa shape index (κ1) is 12.7. The number of aliphatic hydroxyl groups is 1. The minimum Gasteiger partial charge on any atom is -0.396 e. The molecule has 1 atom stereocenters. The maximum absolute atomic E-state index is 11.6. The molecular formula is C13H19NO2. The van der Waals surface area contributed by atoms with Crippen molar-refractivity contribution < 1.29 is 9.90 Å². The molecule has 0 spiro atoms. The molecule has 1 rings (SSSR count). The van der Waals surface area contributed by atoms with Crippen LogP contribution in [0.4, 0.5) is 0 Å². The van der Waals surface area contributed by atoms with Gasteiger partial charge in [0.1, 0.15) is 0 Å². The van der Waals surface area contributed by atoms with Crippen molar-refractivity contribution in [3.63, 3.8) is 0 Å². The fraction of sp³-hybridized carbons (Fsp3) is 0.462. The van der Waals surface area contributed by atoms with Crippen LogP contribution in [0.5, 0.6) is 0 Å². The molecule has 0 heterocycles. The molecule has 0 aromatic heterocycles. The normalized spacial score (nSPS) is 12.1. The second-order valence-corrected chi connectivity index (χ2v) is 4.05. The summed E-state index contributed by atoms with van der Waals surface area (Å²) in [5.41, 5.74) is 0.692. The Balaban J connectivity index is 2.21. The monoisotopic (exact) mass is 221 g/mol. The van der Waals surface area contributed by atoms with Crippen LogP contribution in [0.1, 0.15) is 30.1 Å². The maximum Gasteiger partial charge on any atom is 0.251 e. The van der Waals surface area contributed by atoms with Gasteiger partial charge in [-0.3, -0.25) is 4.79 Å². The standard InChI is InChI=1S/C13H19NO2/c1-11(10-15)6-5-9-14-13(16)12-7-3-2-4-8-12/h2-4,7-8,11,15H,5-6,9-10H2,1H3,(H,14,16). The average Bonchev–Trinajstić information content (AvgIpc) is 2.35. The van der Waals surface area contributed by atoms with Crippen molar-refractivity contribution in [2.45, 2.75) is 19.8 Å². The number of hydrogen-bond donors (Lipinski definition) is 2. The fourth-order valence-electron chi connectivity index (χ4n) is 1.44. The Labute approximate surface area is 96.5 Å². The molecule has 0 radical (unpaired) electrons. The molecule has 0 saturated carbocycles. The van der Waals surface area contributed by atoms with Crippen molar-refractivity contribution in [1.29, 1.82) is 0 Å². The number of hydrogen-bond acceptors (Lipinski definition) is 2. The SMILES string of the molecule is CC(CO)CCCNC(=O)c1ccccc1. The molecule has 3 nitrogen and oxygen atoms in total. The summed E-state index contributed by atoms with van der Waals surface area (Å²) in [6.45, 7) is 2.88. The second-order valence-electron chi connectivity index (χ2n) is 4.05. The van der Waals surface area contributed by atoms with Crippen LogP contribution in [0.3, 0.4) is 0 Å². The quantitative estimate of drug-likeness (QED) is 0.720. The molecule has 1 unspecified atom stereocenters. The van der Waals surface area contributed by atoms with Gasteiger partial charge in [0, 0.05) is 18.7 Å². The number of aliphatic hydroxyl groups excluding tert-OH is 1. The number of amides is 1. The highest BCUT2D eigenvalue weighted by Crippen LogP contribution is 2.03. The molecular weight excluding hydrogens is 202 g/mol. The smallest absolute Gasteiger partial charge is 0.251 e. The highest BCUT2D eigenvalue weighted by Gasteiger charge is 2.04. The lowest BCUT2D eigenvalue weighted by Crippen LogP contribution is -2.24. The zero-order valence-corrected chi connectivity index (χ0v) is 9.65. The van der Waals surface area contributed by atoms with E-state index in [1.165, 1.54) is 0 Å². The molecule has 16 heavy (non-hydrogen) atoms. The van der Waals surface area contributed by atoms with Gasteiger partial charge in [-0.2, -0.15) is 0 Å². The van der Waals surface area contributed by atoms with Gasteiger partial charge in [-0.15, -0.1) is 0 Å². The number of benzene rings is 1. The summed E-state index contributed by atoms with van der Waals surface area (Å²) < 4.78 is 0. The van der Waals surface area contributed by atoms with Gasteiger partial charge in [0.25, 0.3) is 5.91 Å². The van der Waals surface area contributed by atoms with E-state index in [0.29, 0.717) is 18.0 Å². The molecule has 0 saturated heterocycles. The lowest BCUT2D eigenvalue weighted by atomic mass is 10.1. The van der Waals surface area contributed by atoms with E-state index >= 15 is 0 Å². The molecule has 1 amide bonds. The predicted molar refractivity (Wildman–Crippen MR) is 64.3 cm³/mol. The van der Waals surface area contributed by atoms with E-state index in [1.54, 1.807) is 12.1 Å². The fourth-order valence-corrected chi connectivity index (χ4v) is 1.44. The molecule has 0 aliphatic rings. The first-order chi connectivity index (χ1) is 7.74. The molecule has 0 fully saturated rings. The van der Waals surface area contributed by atoms with E-state index in [4.69, 9.17) is 5.11 Å². The number of rotatable bonds is 6. The summed E-state index contributed by atoms with van der Waals surface area (Å²) >= 11 is 0. The first-order valence-corrected chi connectivity index (χ1v) is 5.68. The van der Waals surface area contributed by atoms with E-state index in [2.05, 4.69) is 5.32 Å². The van der Waals surface area contributed by atoms with E-state index in [0.717, 1.165) is 12.8 Å². The van der Waals surface area contributed by atoms with Gasteiger partial charge < -0.3 is 10.4 Å². The summed E-state index contributed by atoms with van der Waals surface area (Å²) in [6.07, 6.45) is 1.84. The largest absolute Gasteiger partial charge is 0.396 e. The van der Waals surface area contributed by atoms with Crippen LogP contribution in [0.25, 0.3) is 0 Å². The van der Waals surface area contributed by atoms with Crippen LogP contribution >= 0.6 is 0 Å². The van der Waals surface area contributed by atoms with Crippen molar-refractivity contribution in [3.05, 3.63) is 35.9 Å². The number of carbonyl (C=O) groups is 1. The Bertz CT molecular complexity index is 311. The zero-order valence-electron chi connectivity index (χ0n) is 9.65. The van der Waals surface area contributed by atoms with Gasteiger partial charge in [-0.1, -0.05) is 25.1 Å².